The van der Waals surface area contributed by atoms with Gasteiger partial charge in [-0.25, -0.2) is 9.67 Å². The summed E-state index contributed by atoms with van der Waals surface area (Å²) in [5.41, 5.74) is 2.91. The third kappa shape index (κ3) is 3.24. The van der Waals surface area contributed by atoms with E-state index in [-0.39, 0.29) is 6.04 Å². The van der Waals surface area contributed by atoms with Crippen molar-refractivity contribution in [3.05, 3.63) is 47.7 Å². The fourth-order valence-corrected chi connectivity index (χ4v) is 3.67. The van der Waals surface area contributed by atoms with Gasteiger partial charge in [-0.1, -0.05) is 11.3 Å². The van der Waals surface area contributed by atoms with E-state index in [2.05, 4.69) is 58.8 Å². The van der Waals surface area contributed by atoms with Crippen LogP contribution < -0.4 is 0 Å². The van der Waals surface area contributed by atoms with Crippen molar-refractivity contribution in [1.82, 2.24) is 29.3 Å². The summed E-state index contributed by atoms with van der Waals surface area (Å²) in [6, 6.07) is 4.35. The Hall–Kier alpha value is -2.25. The molecule has 1 aliphatic rings. The zero-order valence-corrected chi connectivity index (χ0v) is 15.6. The van der Waals surface area contributed by atoms with Gasteiger partial charge in [-0.05, 0) is 51.8 Å². The third-order valence-corrected chi connectivity index (χ3v) is 5.10. The van der Waals surface area contributed by atoms with Crippen LogP contribution in [-0.2, 0) is 12.1 Å². The van der Waals surface area contributed by atoms with Crippen LogP contribution in [0, 0.1) is 6.92 Å². The van der Waals surface area contributed by atoms with E-state index in [1.807, 2.05) is 12.3 Å². The fraction of sp³-hybridized carbons (Fsp3) is 0.526. The molecule has 1 atom stereocenters. The van der Waals surface area contributed by atoms with Crippen LogP contribution in [0.2, 0.25) is 0 Å². The molecule has 0 aliphatic carbocycles. The highest BCUT2D eigenvalue weighted by molar-refractivity contribution is 5.41. The number of aromatic nitrogens is 5. The van der Waals surface area contributed by atoms with Gasteiger partial charge in [0.25, 0.3) is 0 Å². The number of piperidine rings is 1. The van der Waals surface area contributed by atoms with Crippen LogP contribution in [0.1, 0.15) is 49.7 Å². The Morgan fingerprint density at radius 1 is 1.23 bits per heavy atom. The molecule has 0 aromatic carbocycles. The van der Waals surface area contributed by atoms with Gasteiger partial charge in [0.05, 0.1) is 11.9 Å². The van der Waals surface area contributed by atoms with Crippen molar-refractivity contribution in [2.75, 3.05) is 13.1 Å². The van der Waals surface area contributed by atoms with Crippen LogP contribution in [0.4, 0.5) is 0 Å². The quantitative estimate of drug-likeness (QED) is 0.778. The number of nitrogens with zero attached hydrogens (tertiary/aromatic N) is 6. The monoisotopic (exact) mass is 354 g/mol. The number of fused-ring (bicyclic) bond motifs is 1. The molecule has 0 radical (unpaired) electrons. The standard InChI is InChI=1S/C19H26N6O/c1-14(2)25-12-17(21-22-25)19(26)7-4-8-23(13-19)10-16-11-24-9-15(3)5-6-18(24)20-16/h5-6,9,11-12,14,26H,4,7-8,10,13H2,1-3H3/t19-/m0/s1. The van der Waals surface area contributed by atoms with E-state index in [1.165, 1.54) is 5.56 Å². The Balaban J connectivity index is 1.51. The van der Waals surface area contributed by atoms with Crippen molar-refractivity contribution >= 4 is 5.65 Å². The highest BCUT2D eigenvalue weighted by atomic mass is 16.3. The number of pyridine rings is 1. The minimum Gasteiger partial charge on any atom is -0.382 e. The maximum atomic E-state index is 11.2. The molecule has 138 valence electrons. The number of β-amino-alcohol motifs (C(OH)–C–C–N with tert-alkyl or cyclic N) is 1. The molecule has 4 heterocycles. The number of aryl methyl sites for hydroxylation is 1. The van der Waals surface area contributed by atoms with Gasteiger partial charge in [-0.2, -0.15) is 0 Å². The minimum absolute atomic E-state index is 0.237. The average Bonchev–Trinajstić information content (AvgIpc) is 3.21. The SMILES string of the molecule is Cc1ccc2nc(CN3CCC[C@@](O)(c4cn(C(C)C)nn4)C3)cn2c1. The Morgan fingerprint density at radius 2 is 2.08 bits per heavy atom. The molecule has 3 aromatic heterocycles. The molecule has 3 aromatic rings. The van der Waals surface area contributed by atoms with Crippen LogP contribution in [0.15, 0.2) is 30.7 Å². The summed E-state index contributed by atoms with van der Waals surface area (Å²) in [4.78, 5) is 6.96. The second-order valence-corrected chi connectivity index (χ2v) is 7.73. The van der Waals surface area contributed by atoms with Crippen LogP contribution >= 0.6 is 0 Å². The summed E-state index contributed by atoms with van der Waals surface area (Å²) >= 11 is 0. The predicted molar refractivity (Wildman–Crippen MR) is 98.7 cm³/mol. The average molecular weight is 354 g/mol. The summed E-state index contributed by atoms with van der Waals surface area (Å²) < 4.78 is 3.87. The minimum atomic E-state index is -0.943. The molecule has 26 heavy (non-hydrogen) atoms. The zero-order valence-electron chi connectivity index (χ0n) is 15.6. The number of aliphatic hydroxyl groups is 1. The van der Waals surface area contributed by atoms with Gasteiger partial charge in [-0.15, -0.1) is 5.10 Å². The first kappa shape index (κ1) is 17.2. The molecular weight excluding hydrogens is 328 g/mol. The molecule has 0 saturated carbocycles. The number of rotatable bonds is 4. The van der Waals surface area contributed by atoms with Crippen molar-refractivity contribution in [3.8, 4) is 0 Å². The number of hydrogen-bond acceptors (Lipinski definition) is 5. The molecule has 7 heteroatoms. The number of imidazole rings is 1. The lowest BCUT2D eigenvalue weighted by molar-refractivity contribution is -0.0417. The lowest BCUT2D eigenvalue weighted by atomic mass is 9.90. The molecule has 4 rings (SSSR count). The maximum Gasteiger partial charge on any atom is 0.137 e. The lowest BCUT2D eigenvalue weighted by Crippen LogP contribution is -2.46. The van der Waals surface area contributed by atoms with Crippen molar-refractivity contribution in [3.63, 3.8) is 0 Å². The van der Waals surface area contributed by atoms with E-state index in [9.17, 15) is 5.11 Å². The third-order valence-electron chi connectivity index (χ3n) is 5.10. The summed E-state index contributed by atoms with van der Waals surface area (Å²) in [5, 5.41) is 19.6. The van der Waals surface area contributed by atoms with Gasteiger partial charge in [0.1, 0.15) is 16.9 Å². The largest absolute Gasteiger partial charge is 0.382 e. The molecule has 1 fully saturated rings. The van der Waals surface area contributed by atoms with Crippen LogP contribution in [0.3, 0.4) is 0 Å². The van der Waals surface area contributed by atoms with Crippen LogP contribution in [0.25, 0.3) is 5.65 Å². The maximum absolute atomic E-state index is 11.2. The number of likely N-dealkylation sites (tertiary alicyclic amines) is 1. The summed E-state index contributed by atoms with van der Waals surface area (Å²) in [6.45, 7) is 8.42. The van der Waals surface area contributed by atoms with E-state index >= 15 is 0 Å². The van der Waals surface area contributed by atoms with Gasteiger partial charge < -0.3 is 9.51 Å². The molecular formula is C19H26N6O. The first-order valence-corrected chi connectivity index (χ1v) is 9.24. The Bertz CT molecular complexity index is 914. The van der Waals surface area contributed by atoms with E-state index in [0.717, 1.165) is 30.9 Å². The van der Waals surface area contributed by atoms with Gasteiger partial charge in [0, 0.05) is 31.5 Å². The normalized spacial score (nSPS) is 21.7. The van der Waals surface area contributed by atoms with Crippen LogP contribution in [0.5, 0.6) is 0 Å². The van der Waals surface area contributed by atoms with E-state index in [0.29, 0.717) is 18.7 Å². The predicted octanol–water partition coefficient (Wildman–Crippen LogP) is 2.30. The summed E-state index contributed by atoms with van der Waals surface area (Å²) in [6.07, 6.45) is 7.68. The Kier molecular flexibility index (Phi) is 4.28. The first-order valence-electron chi connectivity index (χ1n) is 9.24. The van der Waals surface area contributed by atoms with E-state index in [4.69, 9.17) is 4.98 Å². The smallest absolute Gasteiger partial charge is 0.137 e. The molecule has 7 nitrogen and oxygen atoms in total. The molecule has 0 spiro atoms. The molecule has 1 saturated heterocycles. The summed E-state index contributed by atoms with van der Waals surface area (Å²) in [5.74, 6) is 0. The Morgan fingerprint density at radius 3 is 2.85 bits per heavy atom. The first-order chi connectivity index (χ1) is 12.4. The molecule has 1 N–H and O–H groups in total. The lowest BCUT2D eigenvalue weighted by Gasteiger charge is -2.37. The van der Waals surface area contributed by atoms with E-state index in [1.54, 1.807) is 4.68 Å². The molecule has 0 unspecified atom stereocenters. The van der Waals surface area contributed by atoms with Gasteiger partial charge in [0.15, 0.2) is 0 Å². The fourth-order valence-electron chi connectivity index (χ4n) is 3.67. The van der Waals surface area contributed by atoms with Gasteiger partial charge >= 0.3 is 0 Å². The second kappa shape index (κ2) is 6.48. The van der Waals surface area contributed by atoms with Crippen molar-refractivity contribution in [1.29, 1.82) is 0 Å². The second-order valence-electron chi connectivity index (χ2n) is 7.73. The van der Waals surface area contributed by atoms with Gasteiger partial charge in [-0.3, -0.25) is 4.90 Å². The number of hydrogen-bond donors (Lipinski definition) is 1. The highest BCUT2D eigenvalue weighted by Gasteiger charge is 2.37. The van der Waals surface area contributed by atoms with E-state index < -0.39 is 5.60 Å². The van der Waals surface area contributed by atoms with Crippen molar-refractivity contribution < 1.29 is 5.11 Å². The van der Waals surface area contributed by atoms with Crippen LogP contribution in [-0.4, -0.2) is 47.5 Å². The molecule has 1 aliphatic heterocycles. The highest BCUT2D eigenvalue weighted by Crippen LogP contribution is 2.31. The van der Waals surface area contributed by atoms with Crippen molar-refractivity contribution in [2.45, 2.75) is 51.8 Å². The Labute approximate surface area is 153 Å². The zero-order chi connectivity index (χ0) is 18.3. The molecule has 0 amide bonds. The van der Waals surface area contributed by atoms with Crippen molar-refractivity contribution in [2.24, 2.45) is 0 Å². The summed E-state index contributed by atoms with van der Waals surface area (Å²) in [7, 11) is 0. The molecule has 0 bridgehead atoms. The topological polar surface area (TPSA) is 71.5 Å². The van der Waals surface area contributed by atoms with Gasteiger partial charge in [0.2, 0.25) is 0 Å².